The summed E-state index contributed by atoms with van der Waals surface area (Å²) >= 11 is 0. The molecule has 0 unspecified atom stereocenters. The van der Waals surface area contributed by atoms with Crippen LogP contribution in [0.1, 0.15) is 22.7 Å². The maximum Gasteiger partial charge on any atom is 0.279 e. The molecule has 4 nitrogen and oxygen atoms in total. The van der Waals surface area contributed by atoms with E-state index in [-0.39, 0.29) is 11.7 Å². The Labute approximate surface area is 183 Å². The Morgan fingerprint density at radius 3 is 2.06 bits per heavy atom. The van der Waals surface area contributed by atoms with E-state index >= 15 is 0 Å². The average Bonchev–Trinajstić information content (AvgIpc) is 2.79. The van der Waals surface area contributed by atoms with Crippen LogP contribution in [0.3, 0.4) is 0 Å². The monoisotopic (exact) mass is 419 g/mol. The van der Waals surface area contributed by atoms with E-state index in [9.17, 15) is 9.18 Å². The van der Waals surface area contributed by atoms with Crippen molar-refractivity contribution >= 4 is 11.6 Å². The Morgan fingerprint density at radius 2 is 1.48 bits per heavy atom. The minimum Gasteiger partial charge on any atom is -0.321 e. The standard InChI is InChI=1S/C26H28FN3O/c1-20-12-13-23(27)18-24(20)28-25(31)19-29-14-16-30(17-15-29)26(21-8-4-2-5-9-21)22-10-6-3-7-11-22/h2-13,18,26H,14-17,19H2,1H3,(H,28,31)/p+2. The summed E-state index contributed by atoms with van der Waals surface area (Å²) in [6.07, 6.45) is 0. The molecule has 31 heavy (non-hydrogen) atoms. The Hall–Kier alpha value is -3.02. The summed E-state index contributed by atoms with van der Waals surface area (Å²) < 4.78 is 13.5. The zero-order valence-electron chi connectivity index (χ0n) is 17.9. The zero-order valence-corrected chi connectivity index (χ0v) is 17.9. The van der Waals surface area contributed by atoms with E-state index in [0.29, 0.717) is 18.3 Å². The van der Waals surface area contributed by atoms with E-state index in [1.165, 1.54) is 33.1 Å². The highest BCUT2D eigenvalue weighted by molar-refractivity contribution is 5.92. The number of anilines is 1. The van der Waals surface area contributed by atoms with Crippen LogP contribution in [0, 0.1) is 12.7 Å². The molecule has 1 saturated heterocycles. The second-order valence-electron chi connectivity index (χ2n) is 8.35. The van der Waals surface area contributed by atoms with Crippen LogP contribution in [0.25, 0.3) is 0 Å². The number of quaternary nitrogens is 2. The van der Waals surface area contributed by atoms with Crippen LogP contribution in [-0.2, 0) is 4.79 Å². The van der Waals surface area contributed by atoms with Gasteiger partial charge in [0.05, 0.1) is 0 Å². The van der Waals surface area contributed by atoms with E-state index in [2.05, 4.69) is 66.0 Å². The molecule has 160 valence electrons. The molecule has 1 heterocycles. The molecule has 3 aromatic rings. The van der Waals surface area contributed by atoms with Crippen molar-refractivity contribution in [3.8, 4) is 0 Å². The zero-order chi connectivity index (χ0) is 21.6. The molecule has 0 atom stereocenters. The van der Waals surface area contributed by atoms with Crippen molar-refractivity contribution in [1.29, 1.82) is 0 Å². The Morgan fingerprint density at radius 1 is 0.903 bits per heavy atom. The number of nitrogens with one attached hydrogen (secondary N) is 3. The van der Waals surface area contributed by atoms with Gasteiger partial charge in [-0.15, -0.1) is 0 Å². The Balaban J connectivity index is 1.39. The van der Waals surface area contributed by atoms with Crippen LogP contribution >= 0.6 is 0 Å². The molecule has 3 N–H and O–H groups in total. The number of rotatable bonds is 6. The summed E-state index contributed by atoms with van der Waals surface area (Å²) in [6.45, 7) is 6.14. The maximum absolute atomic E-state index is 13.5. The number of carbonyl (C=O) groups excluding carboxylic acids is 1. The van der Waals surface area contributed by atoms with Crippen LogP contribution < -0.4 is 15.1 Å². The van der Waals surface area contributed by atoms with Crippen LogP contribution in [0.2, 0.25) is 0 Å². The van der Waals surface area contributed by atoms with Gasteiger partial charge in [-0.25, -0.2) is 4.39 Å². The number of carbonyl (C=O) groups is 1. The smallest absolute Gasteiger partial charge is 0.279 e. The fourth-order valence-corrected chi connectivity index (χ4v) is 4.50. The first-order chi connectivity index (χ1) is 15.1. The molecule has 3 aromatic carbocycles. The first-order valence-electron chi connectivity index (χ1n) is 10.9. The van der Waals surface area contributed by atoms with E-state index < -0.39 is 0 Å². The van der Waals surface area contributed by atoms with Crippen molar-refractivity contribution in [3.63, 3.8) is 0 Å². The number of aryl methyl sites for hydroxylation is 1. The first kappa shape index (κ1) is 21.2. The average molecular weight is 420 g/mol. The maximum atomic E-state index is 13.5. The van der Waals surface area contributed by atoms with E-state index in [4.69, 9.17) is 0 Å². The highest BCUT2D eigenvalue weighted by Gasteiger charge is 2.32. The van der Waals surface area contributed by atoms with Gasteiger partial charge in [-0.3, -0.25) is 4.79 Å². The van der Waals surface area contributed by atoms with Gasteiger partial charge in [-0.05, 0) is 24.6 Å². The number of halogens is 1. The number of benzene rings is 3. The highest BCUT2D eigenvalue weighted by Crippen LogP contribution is 2.19. The summed E-state index contributed by atoms with van der Waals surface area (Å²) in [6, 6.07) is 26.1. The number of hydrogen-bond acceptors (Lipinski definition) is 1. The molecule has 0 saturated carbocycles. The predicted molar refractivity (Wildman–Crippen MR) is 121 cm³/mol. The predicted octanol–water partition coefficient (Wildman–Crippen LogP) is 1.65. The van der Waals surface area contributed by atoms with Gasteiger partial charge in [-0.2, -0.15) is 0 Å². The fraction of sp³-hybridized carbons (Fsp3) is 0.269. The van der Waals surface area contributed by atoms with Gasteiger partial charge >= 0.3 is 0 Å². The van der Waals surface area contributed by atoms with Gasteiger partial charge in [0.1, 0.15) is 38.0 Å². The summed E-state index contributed by atoms with van der Waals surface area (Å²) in [5.74, 6) is -0.395. The SMILES string of the molecule is Cc1ccc(F)cc1NC(=O)C[NH+]1CC[NH+](C(c2ccccc2)c2ccccc2)CC1. The van der Waals surface area contributed by atoms with Gasteiger partial charge in [0.25, 0.3) is 5.91 Å². The third kappa shape index (κ3) is 5.37. The first-order valence-corrected chi connectivity index (χ1v) is 10.9. The Kier molecular flexibility index (Phi) is 6.75. The topological polar surface area (TPSA) is 38.0 Å². The van der Waals surface area contributed by atoms with Gasteiger partial charge in [0.2, 0.25) is 0 Å². The molecule has 4 rings (SSSR count). The largest absolute Gasteiger partial charge is 0.321 e. The van der Waals surface area contributed by atoms with Crippen LogP contribution in [0.4, 0.5) is 10.1 Å². The number of hydrogen-bond donors (Lipinski definition) is 3. The van der Waals surface area contributed by atoms with Gasteiger partial charge in [0, 0.05) is 16.8 Å². The molecule has 1 amide bonds. The number of piperazine rings is 1. The molecule has 0 bridgehead atoms. The third-order valence-electron chi connectivity index (χ3n) is 6.16. The second-order valence-corrected chi connectivity index (χ2v) is 8.35. The van der Waals surface area contributed by atoms with E-state index in [1.807, 2.05) is 6.92 Å². The second kappa shape index (κ2) is 9.86. The van der Waals surface area contributed by atoms with Crippen molar-refractivity contribution < 1.29 is 19.0 Å². The lowest BCUT2D eigenvalue weighted by Gasteiger charge is -2.35. The van der Waals surface area contributed by atoms with Crippen LogP contribution in [0.15, 0.2) is 78.9 Å². The molecule has 0 aromatic heterocycles. The van der Waals surface area contributed by atoms with Crippen molar-refractivity contribution in [3.05, 3.63) is 101 Å². The fourth-order valence-electron chi connectivity index (χ4n) is 4.50. The molecular formula is C26H30FN3O+2. The molecule has 1 aliphatic heterocycles. The minimum absolute atomic E-state index is 0.0604. The molecule has 1 aliphatic rings. The van der Waals surface area contributed by atoms with Crippen LogP contribution in [0.5, 0.6) is 0 Å². The van der Waals surface area contributed by atoms with Crippen molar-refractivity contribution in [1.82, 2.24) is 0 Å². The van der Waals surface area contributed by atoms with Crippen molar-refractivity contribution in [2.75, 3.05) is 38.0 Å². The van der Waals surface area contributed by atoms with E-state index in [0.717, 1.165) is 31.7 Å². The molecule has 0 radical (unpaired) electrons. The normalized spacial score (nSPS) is 18.7. The lowest BCUT2D eigenvalue weighted by molar-refractivity contribution is -1.02. The molecular weight excluding hydrogens is 389 g/mol. The summed E-state index contributed by atoms with van der Waals surface area (Å²) in [7, 11) is 0. The molecule has 0 aliphatic carbocycles. The lowest BCUT2D eigenvalue weighted by atomic mass is 9.96. The van der Waals surface area contributed by atoms with Crippen molar-refractivity contribution in [2.45, 2.75) is 13.0 Å². The van der Waals surface area contributed by atoms with Gasteiger partial charge in [0.15, 0.2) is 6.54 Å². The molecule has 0 spiro atoms. The third-order valence-corrected chi connectivity index (χ3v) is 6.16. The summed E-state index contributed by atoms with van der Waals surface area (Å²) in [4.78, 5) is 15.3. The Bertz CT molecular complexity index is 962. The summed E-state index contributed by atoms with van der Waals surface area (Å²) in [5, 5.41) is 2.88. The summed E-state index contributed by atoms with van der Waals surface area (Å²) in [5.41, 5.74) is 4.08. The van der Waals surface area contributed by atoms with Gasteiger partial charge < -0.3 is 15.1 Å². The highest BCUT2D eigenvalue weighted by atomic mass is 19.1. The number of amides is 1. The molecule has 5 heteroatoms. The van der Waals surface area contributed by atoms with Crippen molar-refractivity contribution in [2.24, 2.45) is 0 Å². The lowest BCUT2D eigenvalue weighted by Crippen LogP contribution is -3.28. The quantitative estimate of drug-likeness (QED) is 0.559. The molecule has 1 fully saturated rings. The van der Waals surface area contributed by atoms with E-state index in [1.54, 1.807) is 6.07 Å². The van der Waals surface area contributed by atoms with Crippen LogP contribution in [-0.4, -0.2) is 38.6 Å². The minimum atomic E-state index is -0.335. The van der Waals surface area contributed by atoms with Gasteiger partial charge in [-0.1, -0.05) is 66.7 Å².